The molecule has 1 saturated carbocycles. The van der Waals surface area contributed by atoms with Crippen molar-refractivity contribution >= 4 is 23.2 Å². The molecule has 0 saturated heterocycles. The summed E-state index contributed by atoms with van der Waals surface area (Å²) in [4.78, 5) is 8.73. The molecule has 2 aromatic rings. The highest BCUT2D eigenvalue weighted by molar-refractivity contribution is 6.37. The van der Waals surface area contributed by atoms with Gasteiger partial charge in [0.25, 0.3) is 0 Å². The van der Waals surface area contributed by atoms with Crippen molar-refractivity contribution in [3.8, 4) is 11.1 Å². The topological polar surface area (TPSA) is 25.8 Å². The van der Waals surface area contributed by atoms with E-state index in [4.69, 9.17) is 23.2 Å². The summed E-state index contributed by atoms with van der Waals surface area (Å²) in [7, 11) is 0. The molecule has 1 heterocycles. The predicted molar refractivity (Wildman–Crippen MR) is 74.2 cm³/mol. The summed E-state index contributed by atoms with van der Waals surface area (Å²) in [5.74, 6) is 1.23. The minimum atomic E-state index is 0.445. The lowest BCUT2D eigenvalue weighted by atomic mass is 10.1. The molecular weight excluding hydrogens is 267 g/mol. The van der Waals surface area contributed by atoms with Gasteiger partial charge in [0.2, 0.25) is 0 Å². The van der Waals surface area contributed by atoms with Gasteiger partial charge in [-0.3, -0.25) is 0 Å². The first-order chi connectivity index (χ1) is 8.65. The van der Waals surface area contributed by atoms with Crippen molar-refractivity contribution in [1.29, 1.82) is 0 Å². The number of nitrogens with zero attached hydrogens (tertiary/aromatic N) is 2. The summed E-state index contributed by atoms with van der Waals surface area (Å²) in [5, 5.41) is 0.890. The van der Waals surface area contributed by atoms with Crippen LogP contribution < -0.4 is 0 Å². The molecule has 1 aliphatic rings. The summed E-state index contributed by atoms with van der Waals surface area (Å²) in [6.07, 6.45) is 2.27. The van der Waals surface area contributed by atoms with E-state index >= 15 is 0 Å². The Bertz CT molecular complexity index is 566. The van der Waals surface area contributed by atoms with E-state index in [1.807, 2.05) is 31.2 Å². The minimum Gasteiger partial charge on any atom is -0.220 e. The quantitative estimate of drug-likeness (QED) is 0.748. The first-order valence-electron chi connectivity index (χ1n) is 5.95. The molecule has 2 nitrogen and oxygen atoms in total. The van der Waals surface area contributed by atoms with E-state index < -0.39 is 0 Å². The summed E-state index contributed by atoms with van der Waals surface area (Å²) < 4.78 is 0. The van der Waals surface area contributed by atoms with Crippen molar-refractivity contribution in [3.05, 3.63) is 46.0 Å². The van der Waals surface area contributed by atoms with E-state index in [-0.39, 0.29) is 0 Å². The summed E-state index contributed by atoms with van der Waals surface area (Å²) in [6, 6.07) is 8.03. The fourth-order valence-corrected chi connectivity index (χ4v) is 2.52. The fraction of sp³-hybridized carbons (Fsp3) is 0.286. The van der Waals surface area contributed by atoms with Gasteiger partial charge >= 0.3 is 0 Å². The van der Waals surface area contributed by atoms with Crippen LogP contribution in [0, 0.1) is 6.92 Å². The zero-order valence-corrected chi connectivity index (χ0v) is 11.5. The Morgan fingerprint density at radius 3 is 2.06 bits per heavy atom. The van der Waals surface area contributed by atoms with Crippen LogP contribution in [0.15, 0.2) is 24.3 Å². The number of hydrogen-bond donors (Lipinski definition) is 0. The van der Waals surface area contributed by atoms with Crippen molar-refractivity contribution < 1.29 is 0 Å². The first-order valence-corrected chi connectivity index (χ1v) is 6.70. The van der Waals surface area contributed by atoms with Crippen molar-refractivity contribution in [2.75, 3.05) is 0 Å². The predicted octanol–water partition coefficient (Wildman–Crippen LogP) is 4.64. The highest BCUT2D eigenvalue weighted by Gasteiger charge is 2.28. The number of halogens is 2. The Morgan fingerprint density at radius 1 is 1.00 bits per heavy atom. The van der Waals surface area contributed by atoms with Crippen molar-refractivity contribution in [2.24, 2.45) is 0 Å². The Hall–Kier alpha value is -1.12. The van der Waals surface area contributed by atoms with Crippen LogP contribution in [0.5, 0.6) is 0 Å². The Labute approximate surface area is 116 Å². The number of benzene rings is 1. The second-order valence-corrected chi connectivity index (χ2v) is 5.39. The first kappa shape index (κ1) is 11.9. The van der Waals surface area contributed by atoms with Gasteiger partial charge in [0.1, 0.15) is 16.1 Å². The van der Waals surface area contributed by atoms with Crippen LogP contribution in [0.3, 0.4) is 0 Å². The molecule has 92 valence electrons. The molecule has 0 aliphatic heterocycles. The second kappa shape index (κ2) is 4.52. The largest absolute Gasteiger partial charge is 0.220 e. The Morgan fingerprint density at radius 2 is 1.56 bits per heavy atom. The van der Waals surface area contributed by atoms with E-state index in [1.54, 1.807) is 0 Å². The number of aryl methyl sites for hydroxylation is 1. The lowest BCUT2D eigenvalue weighted by molar-refractivity contribution is 0.929. The van der Waals surface area contributed by atoms with Crippen LogP contribution >= 0.6 is 23.2 Å². The van der Waals surface area contributed by atoms with Crippen LogP contribution in [0.4, 0.5) is 0 Å². The SMILES string of the molecule is Cc1ccc(-c2c(Cl)nc(C3CC3)nc2Cl)cc1. The van der Waals surface area contributed by atoms with Crippen molar-refractivity contribution in [1.82, 2.24) is 9.97 Å². The number of hydrogen-bond acceptors (Lipinski definition) is 2. The van der Waals surface area contributed by atoms with Crippen LogP contribution in [0.2, 0.25) is 10.3 Å². The van der Waals surface area contributed by atoms with Crippen LogP contribution in [0.25, 0.3) is 11.1 Å². The molecule has 1 fully saturated rings. The fourth-order valence-electron chi connectivity index (χ4n) is 1.91. The molecule has 0 N–H and O–H groups in total. The lowest BCUT2D eigenvalue weighted by Crippen LogP contribution is -1.96. The van der Waals surface area contributed by atoms with E-state index in [2.05, 4.69) is 9.97 Å². The number of rotatable bonds is 2. The van der Waals surface area contributed by atoms with Gasteiger partial charge in [0, 0.05) is 5.92 Å². The summed E-state index contributed by atoms with van der Waals surface area (Å²) >= 11 is 12.5. The van der Waals surface area contributed by atoms with Gasteiger partial charge in [-0.25, -0.2) is 9.97 Å². The maximum Gasteiger partial charge on any atom is 0.142 e. The van der Waals surface area contributed by atoms with Crippen molar-refractivity contribution in [3.63, 3.8) is 0 Å². The van der Waals surface area contributed by atoms with Gasteiger partial charge in [-0.15, -0.1) is 0 Å². The Balaban J connectivity index is 2.08. The van der Waals surface area contributed by atoms with Gasteiger partial charge in [-0.2, -0.15) is 0 Å². The van der Waals surface area contributed by atoms with Crippen LogP contribution in [0.1, 0.15) is 30.1 Å². The maximum absolute atomic E-state index is 6.25. The zero-order valence-electron chi connectivity index (χ0n) is 9.95. The van der Waals surface area contributed by atoms with E-state index in [0.29, 0.717) is 16.2 Å². The lowest BCUT2D eigenvalue weighted by Gasteiger charge is -2.08. The standard InChI is InChI=1S/C14H12Cl2N2/c1-8-2-4-9(5-3-8)11-12(15)17-14(10-6-7-10)18-13(11)16/h2-5,10H,6-7H2,1H3. The molecule has 0 bridgehead atoms. The molecule has 0 unspecified atom stereocenters. The number of aromatic nitrogens is 2. The monoisotopic (exact) mass is 278 g/mol. The summed E-state index contributed by atoms with van der Waals surface area (Å²) in [5.41, 5.74) is 2.88. The molecule has 4 heteroatoms. The van der Waals surface area contributed by atoms with Gasteiger partial charge in [0.05, 0.1) is 5.56 Å². The minimum absolute atomic E-state index is 0.445. The normalized spacial score (nSPS) is 14.8. The molecule has 1 aromatic heterocycles. The maximum atomic E-state index is 6.25. The highest BCUT2D eigenvalue weighted by atomic mass is 35.5. The third-order valence-corrected chi connectivity index (χ3v) is 3.67. The highest BCUT2D eigenvalue weighted by Crippen LogP contribution is 2.41. The third kappa shape index (κ3) is 2.23. The van der Waals surface area contributed by atoms with E-state index in [9.17, 15) is 0 Å². The second-order valence-electron chi connectivity index (χ2n) is 4.68. The molecule has 0 amide bonds. The van der Waals surface area contributed by atoms with Crippen LogP contribution in [-0.2, 0) is 0 Å². The molecule has 0 atom stereocenters. The molecule has 0 spiro atoms. The van der Waals surface area contributed by atoms with Crippen LogP contribution in [-0.4, -0.2) is 9.97 Å². The van der Waals surface area contributed by atoms with Gasteiger partial charge in [0.15, 0.2) is 0 Å². The zero-order chi connectivity index (χ0) is 12.7. The van der Waals surface area contributed by atoms with Crippen molar-refractivity contribution in [2.45, 2.75) is 25.7 Å². The Kier molecular flexibility index (Phi) is 3.00. The smallest absolute Gasteiger partial charge is 0.142 e. The third-order valence-electron chi connectivity index (χ3n) is 3.12. The van der Waals surface area contributed by atoms with Gasteiger partial charge < -0.3 is 0 Å². The molecule has 0 radical (unpaired) electrons. The average molecular weight is 279 g/mol. The van der Waals surface area contributed by atoms with Gasteiger partial charge in [-0.1, -0.05) is 53.0 Å². The van der Waals surface area contributed by atoms with E-state index in [1.165, 1.54) is 5.56 Å². The van der Waals surface area contributed by atoms with E-state index in [0.717, 1.165) is 29.8 Å². The van der Waals surface area contributed by atoms with Gasteiger partial charge in [-0.05, 0) is 25.3 Å². The molecular formula is C14H12Cl2N2. The molecule has 3 rings (SSSR count). The average Bonchev–Trinajstić information content (AvgIpc) is 3.14. The molecule has 1 aromatic carbocycles. The summed E-state index contributed by atoms with van der Waals surface area (Å²) in [6.45, 7) is 2.04. The molecule has 1 aliphatic carbocycles. The molecule has 18 heavy (non-hydrogen) atoms.